The number of Topliss-reactive ketones (excluding diaryl/α,β-unsaturated/α-hetero) is 2. The van der Waals surface area contributed by atoms with Crippen LogP contribution in [0.3, 0.4) is 0 Å². The Morgan fingerprint density at radius 1 is 1.00 bits per heavy atom. The van der Waals surface area contributed by atoms with Gasteiger partial charge in [-0.3, -0.25) is 14.4 Å². The molecule has 1 aliphatic carbocycles. The minimum Gasteiger partial charge on any atom is -0.507 e. The summed E-state index contributed by atoms with van der Waals surface area (Å²) in [6.45, 7) is 1.60. The number of rotatable bonds is 3. The average molecular weight is 352 g/mol. The predicted octanol–water partition coefficient (Wildman–Crippen LogP) is 2.14. The standard InChI is InChI=1S/C19H12O7/c1-8-5-9(7-20)13(12(22)6-8)15-16(19(25)26)18(24)14-10(17(15)23)3-2-4-11(14)21/h2-7,21-22H,1H3,(H,25,26). The number of hydrogen-bond donors (Lipinski definition) is 3. The number of aldehydes is 1. The summed E-state index contributed by atoms with van der Waals surface area (Å²) in [6.07, 6.45) is 0.365. The van der Waals surface area contributed by atoms with Crippen LogP contribution >= 0.6 is 0 Å². The van der Waals surface area contributed by atoms with Crippen molar-refractivity contribution in [1.82, 2.24) is 0 Å². The molecule has 7 heteroatoms. The molecule has 26 heavy (non-hydrogen) atoms. The molecule has 1 aliphatic rings. The fourth-order valence-corrected chi connectivity index (χ4v) is 3.06. The number of carbonyl (C=O) groups excluding carboxylic acids is 3. The second kappa shape index (κ2) is 5.96. The number of ketones is 2. The van der Waals surface area contributed by atoms with Crippen molar-refractivity contribution in [2.24, 2.45) is 0 Å². The third-order valence-electron chi connectivity index (χ3n) is 4.10. The fraction of sp³-hybridized carbons (Fsp3) is 0.0526. The Balaban J connectivity index is 2.45. The van der Waals surface area contributed by atoms with E-state index >= 15 is 0 Å². The number of allylic oxidation sites excluding steroid dienone is 1. The van der Waals surface area contributed by atoms with E-state index in [9.17, 15) is 34.5 Å². The number of aliphatic carboxylic acids is 1. The molecule has 0 saturated carbocycles. The third-order valence-corrected chi connectivity index (χ3v) is 4.10. The van der Waals surface area contributed by atoms with Crippen LogP contribution in [0.15, 0.2) is 35.9 Å². The maximum Gasteiger partial charge on any atom is 0.340 e. The third kappa shape index (κ3) is 2.37. The minimum atomic E-state index is -1.70. The average Bonchev–Trinajstić information content (AvgIpc) is 2.57. The largest absolute Gasteiger partial charge is 0.507 e. The van der Waals surface area contributed by atoms with Crippen molar-refractivity contribution in [3.63, 3.8) is 0 Å². The van der Waals surface area contributed by atoms with E-state index in [1.807, 2.05) is 0 Å². The van der Waals surface area contributed by atoms with Crippen molar-refractivity contribution in [3.05, 3.63) is 63.7 Å². The van der Waals surface area contributed by atoms with Crippen LogP contribution in [0.1, 0.15) is 42.2 Å². The number of aromatic hydroxyl groups is 2. The first-order chi connectivity index (χ1) is 12.3. The Kier molecular flexibility index (Phi) is 3.92. The molecule has 0 spiro atoms. The number of carbonyl (C=O) groups is 4. The van der Waals surface area contributed by atoms with Crippen molar-refractivity contribution in [2.75, 3.05) is 0 Å². The number of benzene rings is 2. The highest BCUT2D eigenvalue weighted by molar-refractivity contribution is 6.47. The van der Waals surface area contributed by atoms with Crippen molar-refractivity contribution in [3.8, 4) is 11.5 Å². The molecule has 0 heterocycles. The van der Waals surface area contributed by atoms with Gasteiger partial charge in [0.1, 0.15) is 17.1 Å². The number of carboxylic acid groups (broad SMARTS) is 1. The zero-order valence-corrected chi connectivity index (χ0v) is 13.4. The highest BCUT2D eigenvalue weighted by Gasteiger charge is 2.39. The van der Waals surface area contributed by atoms with Crippen LogP contribution in [-0.2, 0) is 4.79 Å². The summed E-state index contributed by atoms with van der Waals surface area (Å²) in [6, 6.07) is 6.38. The molecule has 0 bridgehead atoms. The van der Waals surface area contributed by atoms with Crippen molar-refractivity contribution < 1.29 is 34.5 Å². The number of phenolic OH excluding ortho intramolecular Hbond substituents is 2. The van der Waals surface area contributed by atoms with Gasteiger partial charge in [-0.15, -0.1) is 0 Å². The Morgan fingerprint density at radius 2 is 1.69 bits per heavy atom. The lowest BCUT2D eigenvalue weighted by molar-refractivity contribution is -0.132. The van der Waals surface area contributed by atoms with Crippen molar-refractivity contribution in [2.45, 2.75) is 6.92 Å². The summed E-state index contributed by atoms with van der Waals surface area (Å²) in [5, 5.41) is 29.7. The highest BCUT2D eigenvalue weighted by atomic mass is 16.4. The Bertz CT molecular complexity index is 1040. The molecule has 3 N–H and O–H groups in total. The second-order valence-electron chi connectivity index (χ2n) is 5.78. The molecule has 7 nitrogen and oxygen atoms in total. The van der Waals surface area contributed by atoms with Crippen LogP contribution in [-0.4, -0.2) is 39.1 Å². The SMILES string of the molecule is Cc1cc(O)c(C2=C(C(=O)O)C(=O)c3c(O)cccc3C2=O)c(C=O)c1. The van der Waals surface area contributed by atoms with E-state index in [2.05, 4.69) is 0 Å². The molecule has 0 fully saturated rings. The summed E-state index contributed by atoms with van der Waals surface area (Å²) in [7, 11) is 0. The van der Waals surface area contributed by atoms with E-state index in [0.717, 1.165) is 6.07 Å². The van der Waals surface area contributed by atoms with E-state index in [0.29, 0.717) is 11.8 Å². The number of fused-ring (bicyclic) bond motifs is 1. The van der Waals surface area contributed by atoms with Gasteiger partial charge in [0.2, 0.25) is 5.78 Å². The molecule has 0 aliphatic heterocycles. The van der Waals surface area contributed by atoms with Crippen LogP contribution in [0.2, 0.25) is 0 Å². The Morgan fingerprint density at radius 3 is 2.31 bits per heavy atom. The zero-order valence-electron chi connectivity index (χ0n) is 13.4. The normalized spacial score (nSPS) is 13.6. The van der Waals surface area contributed by atoms with Crippen LogP contribution < -0.4 is 0 Å². The first-order valence-electron chi connectivity index (χ1n) is 7.46. The molecule has 0 unspecified atom stereocenters. The van der Waals surface area contributed by atoms with E-state index in [1.165, 1.54) is 24.3 Å². The van der Waals surface area contributed by atoms with Gasteiger partial charge in [0, 0.05) is 16.7 Å². The topological polar surface area (TPSA) is 129 Å². The van der Waals surface area contributed by atoms with Gasteiger partial charge in [0.05, 0.1) is 11.1 Å². The minimum absolute atomic E-state index is 0.124. The molecule has 2 aromatic rings. The zero-order chi connectivity index (χ0) is 19.2. The van der Waals surface area contributed by atoms with Crippen LogP contribution in [0, 0.1) is 6.92 Å². The molecular formula is C19H12O7. The smallest absolute Gasteiger partial charge is 0.340 e. The molecule has 0 aromatic heterocycles. The van der Waals surface area contributed by atoms with Crippen LogP contribution in [0.25, 0.3) is 5.57 Å². The maximum absolute atomic E-state index is 12.9. The lowest BCUT2D eigenvalue weighted by Crippen LogP contribution is -2.26. The van der Waals surface area contributed by atoms with Gasteiger partial charge in [-0.1, -0.05) is 12.1 Å². The molecular weight excluding hydrogens is 340 g/mol. The summed E-state index contributed by atoms with van der Waals surface area (Å²) in [4.78, 5) is 48.7. The lowest BCUT2D eigenvalue weighted by Gasteiger charge is -2.21. The molecule has 130 valence electrons. The van der Waals surface area contributed by atoms with Crippen molar-refractivity contribution in [1.29, 1.82) is 0 Å². The molecule has 2 aromatic carbocycles. The molecule has 3 rings (SSSR count). The fourth-order valence-electron chi connectivity index (χ4n) is 3.06. The monoisotopic (exact) mass is 352 g/mol. The highest BCUT2D eigenvalue weighted by Crippen LogP contribution is 2.40. The molecule has 0 amide bonds. The van der Waals surface area contributed by atoms with Gasteiger partial charge in [0.25, 0.3) is 0 Å². The molecule has 0 radical (unpaired) electrons. The first kappa shape index (κ1) is 17.1. The molecule has 0 saturated heterocycles. The quantitative estimate of drug-likeness (QED) is 0.570. The first-order valence-corrected chi connectivity index (χ1v) is 7.46. The lowest BCUT2D eigenvalue weighted by atomic mass is 9.79. The summed E-state index contributed by atoms with van der Waals surface area (Å²) in [5.41, 5.74) is -2.05. The summed E-state index contributed by atoms with van der Waals surface area (Å²) < 4.78 is 0. The van der Waals surface area contributed by atoms with Crippen molar-refractivity contribution >= 4 is 29.4 Å². The maximum atomic E-state index is 12.9. The number of carboxylic acids is 1. The number of aryl methyl sites for hydroxylation is 1. The van der Waals surface area contributed by atoms with Gasteiger partial charge in [-0.25, -0.2) is 4.79 Å². The predicted molar refractivity (Wildman–Crippen MR) is 89.6 cm³/mol. The van der Waals surface area contributed by atoms with Gasteiger partial charge in [-0.05, 0) is 30.7 Å². The van der Waals surface area contributed by atoms with E-state index in [-0.39, 0.29) is 16.7 Å². The van der Waals surface area contributed by atoms with Gasteiger partial charge in [-0.2, -0.15) is 0 Å². The van der Waals surface area contributed by atoms with Gasteiger partial charge < -0.3 is 15.3 Å². The second-order valence-corrected chi connectivity index (χ2v) is 5.78. The van der Waals surface area contributed by atoms with Crippen LogP contribution in [0.5, 0.6) is 11.5 Å². The summed E-state index contributed by atoms with van der Waals surface area (Å²) in [5.74, 6) is -4.68. The van der Waals surface area contributed by atoms with Gasteiger partial charge in [0.15, 0.2) is 12.1 Å². The molecule has 0 atom stereocenters. The van der Waals surface area contributed by atoms with E-state index in [4.69, 9.17) is 0 Å². The van der Waals surface area contributed by atoms with E-state index in [1.54, 1.807) is 6.92 Å². The van der Waals surface area contributed by atoms with E-state index < -0.39 is 45.7 Å². The Labute approximate surface area is 146 Å². The number of phenols is 2. The Hall–Kier alpha value is -3.74. The summed E-state index contributed by atoms with van der Waals surface area (Å²) >= 11 is 0. The van der Waals surface area contributed by atoms with Gasteiger partial charge >= 0.3 is 5.97 Å². The van der Waals surface area contributed by atoms with Crippen LogP contribution in [0.4, 0.5) is 0 Å². The number of hydrogen-bond acceptors (Lipinski definition) is 6.